The highest BCUT2D eigenvalue weighted by Gasteiger charge is 2.46. The van der Waals surface area contributed by atoms with Crippen LogP contribution in [0.4, 0.5) is 0 Å². The summed E-state index contributed by atoms with van der Waals surface area (Å²) in [6.07, 6.45) is 0. The number of aliphatic hydroxyl groups excluding tert-OH is 1. The smallest absolute Gasteiger partial charge is 0.295 e. The molecule has 0 radical (unpaired) electrons. The molecule has 2 heterocycles. The predicted octanol–water partition coefficient (Wildman–Crippen LogP) is 1.05. The number of nitrogens with one attached hydrogen (secondary N) is 1. The summed E-state index contributed by atoms with van der Waals surface area (Å²) in [5, 5.41) is 21.0. The topological polar surface area (TPSA) is 101 Å². The molecule has 2 aromatic carbocycles. The maximum Gasteiger partial charge on any atom is 0.295 e. The maximum absolute atomic E-state index is 13.2. The number of aryl methyl sites for hydroxylation is 1. The number of phenols is 1. The number of hydrogen-bond donors (Lipinski definition) is 3. The predicted molar refractivity (Wildman–Crippen MR) is 121 cm³/mol. The number of amides is 1. The van der Waals surface area contributed by atoms with Gasteiger partial charge in [-0.05, 0) is 48.4 Å². The van der Waals surface area contributed by atoms with Gasteiger partial charge in [0.25, 0.3) is 11.7 Å². The van der Waals surface area contributed by atoms with E-state index < -0.39 is 17.7 Å². The fraction of sp³-hybridized carbons (Fsp3) is 0.360. The summed E-state index contributed by atoms with van der Waals surface area (Å²) in [4.78, 5) is 29.1. The Balaban J connectivity index is 1.75. The van der Waals surface area contributed by atoms with E-state index in [1.165, 1.54) is 21.9 Å². The molecular formula is C25H29N2O6+. The van der Waals surface area contributed by atoms with Crippen molar-refractivity contribution < 1.29 is 34.2 Å². The molecule has 1 amide bonds. The van der Waals surface area contributed by atoms with E-state index in [2.05, 4.69) is 0 Å². The average Bonchev–Trinajstić information content (AvgIpc) is 3.08. The highest BCUT2D eigenvalue weighted by molar-refractivity contribution is 6.46. The number of rotatable bonds is 6. The van der Waals surface area contributed by atoms with Crippen LogP contribution in [0.15, 0.2) is 48.0 Å². The molecule has 174 valence electrons. The van der Waals surface area contributed by atoms with Crippen molar-refractivity contribution in [2.75, 3.05) is 46.5 Å². The quantitative estimate of drug-likeness (QED) is 0.343. The molecule has 3 N–H and O–H groups in total. The molecule has 1 unspecified atom stereocenters. The van der Waals surface area contributed by atoms with Crippen molar-refractivity contribution >= 4 is 17.4 Å². The number of aromatic hydroxyl groups is 1. The summed E-state index contributed by atoms with van der Waals surface area (Å²) in [7, 11) is 1.56. The van der Waals surface area contributed by atoms with Gasteiger partial charge in [0.1, 0.15) is 30.3 Å². The third-order valence-electron chi connectivity index (χ3n) is 6.34. The van der Waals surface area contributed by atoms with Crippen LogP contribution in [0.5, 0.6) is 11.5 Å². The van der Waals surface area contributed by atoms with E-state index >= 15 is 0 Å². The van der Waals surface area contributed by atoms with Gasteiger partial charge >= 0.3 is 0 Å². The Hall–Kier alpha value is -3.36. The summed E-state index contributed by atoms with van der Waals surface area (Å²) in [5.74, 6) is -0.841. The van der Waals surface area contributed by atoms with Crippen LogP contribution in [0.25, 0.3) is 5.76 Å². The Morgan fingerprint density at radius 3 is 2.48 bits per heavy atom. The van der Waals surface area contributed by atoms with Crippen molar-refractivity contribution in [1.82, 2.24) is 4.90 Å². The first-order valence-electron chi connectivity index (χ1n) is 11.0. The van der Waals surface area contributed by atoms with Gasteiger partial charge < -0.3 is 29.5 Å². The number of aliphatic hydroxyl groups is 1. The van der Waals surface area contributed by atoms with E-state index in [4.69, 9.17) is 9.47 Å². The van der Waals surface area contributed by atoms with Gasteiger partial charge in [0.05, 0.1) is 45.0 Å². The molecule has 4 rings (SSSR count). The van der Waals surface area contributed by atoms with Gasteiger partial charge in [-0.15, -0.1) is 0 Å². The Bertz CT molecular complexity index is 1070. The van der Waals surface area contributed by atoms with Crippen LogP contribution in [-0.2, 0) is 14.3 Å². The van der Waals surface area contributed by atoms with Crippen LogP contribution >= 0.6 is 0 Å². The number of carbonyl (C=O) groups is 2. The van der Waals surface area contributed by atoms with Gasteiger partial charge in [-0.25, -0.2) is 0 Å². The normalized spacial score (nSPS) is 20.9. The van der Waals surface area contributed by atoms with E-state index in [1.54, 1.807) is 37.4 Å². The van der Waals surface area contributed by atoms with Crippen molar-refractivity contribution in [3.8, 4) is 11.5 Å². The molecule has 8 nitrogen and oxygen atoms in total. The third kappa shape index (κ3) is 4.58. The number of benzene rings is 2. The molecule has 8 heteroatoms. The Morgan fingerprint density at radius 1 is 1.15 bits per heavy atom. The number of ether oxygens (including phenoxy) is 2. The number of likely N-dealkylation sites (tertiary alicyclic amines) is 1. The van der Waals surface area contributed by atoms with Gasteiger partial charge in [-0.1, -0.05) is 12.1 Å². The lowest BCUT2D eigenvalue weighted by molar-refractivity contribution is -0.907. The van der Waals surface area contributed by atoms with E-state index in [0.717, 1.165) is 18.7 Å². The molecule has 0 saturated carbocycles. The molecule has 0 bridgehead atoms. The zero-order valence-corrected chi connectivity index (χ0v) is 18.8. The van der Waals surface area contributed by atoms with Crippen LogP contribution in [0.3, 0.4) is 0 Å². The molecule has 1 atom stereocenters. The first kappa shape index (κ1) is 22.8. The molecular weight excluding hydrogens is 424 g/mol. The van der Waals surface area contributed by atoms with E-state index in [0.29, 0.717) is 43.2 Å². The first-order valence-corrected chi connectivity index (χ1v) is 11.0. The lowest BCUT2D eigenvalue weighted by Crippen LogP contribution is -3.14. The molecule has 33 heavy (non-hydrogen) atoms. The van der Waals surface area contributed by atoms with Crippen molar-refractivity contribution in [1.29, 1.82) is 0 Å². The van der Waals surface area contributed by atoms with Crippen LogP contribution in [0, 0.1) is 6.92 Å². The van der Waals surface area contributed by atoms with Crippen molar-refractivity contribution in [2.45, 2.75) is 13.0 Å². The Labute approximate surface area is 192 Å². The molecule has 2 fully saturated rings. The fourth-order valence-corrected chi connectivity index (χ4v) is 4.48. The zero-order chi connectivity index (χ0) is 23.5. The van der Waals surface area contributed by atoms with Gasteiger partial charge in [0.15, 0.2) is 0 Å². The molecule has 2 saturated heterocycles. The minimum Gasteiger partial charge on any atom is -0.508 e. The Morgan fingerprint density at radius 2 is 1.85 bits per heavy atom. The lowest BCUT2D eigenvalue weighted by atomic mass is 9.94. The minimum absolute atomic E-state index is 0.0518. The monoisotopic (exact) mass is 453 g/mol. The summed E-state index contributed by atoms with van der Waals surface area (Å²) >= 11 is 0. The maximum atomic E-state index is 13.2. The summed E-state index contributed by atoms with van der Waals surface area (Å²) in [6.45, 7) is 5.89. The standard InChI is InChI=1S/C25H28N2O6/c1-16-15-19(32-2)7-8-20(16)23(29)21-22(17-3-5-18(28)6-4-17)27(25(31)24(21)30)10-9-26-11-13-33-14-12-26/h3-8,15,22,28-29H,9-14H2,1-2H3/p+1. The number of quaternary nitrogens is 1. The first-order chi connectivity index (χ1) is 15.9. The summed E-state index contributed by atoms with van der Waals surface area (Å²) in [6, 6.07) is 10.8. The largest absolute Gasteiger partial charge is 0.508 e. The van der Waals surface area contributed by atoms with Gasteiger partial charge in [-0.3, -0.25) is 9.59 Å². The fourth-order valence-electron chi connectivity index (χ4n) is 4.48. The van der Waals surface area contributed by atoms with Crippen LogP contribution in [-0.4, -0.2) is 73.3 Å². The number of carbonyl (C=O) groups excluding carboxylic acids is 2. The molecule has 2 aromatic rings. The number of morpholine rings is 1. The summed E-state index contributed by atoms with van der Waals surface area (Å²) < 4.78 is 10.6. The average molecular weight is 454 g/mol. The third-order valence-corrected chi connectivity index (χ3v) is 6.34. The summed E-state index contributed by atoms with van der Waals surface area (Å²) in [5.41, 5.74) is 1.89. The minimum atomic E-state index is -0.743. The van der Waals surface area contributed by atoms with Crippen molar-refractivity contribution in [3.63, 3.8) is 0 Å². The van der Waals surface area contributed by atoms with Gasteiger partial charge in [-0.2, -0.15) is 0 Å². The molecule has 2 aliphatic heterocycles. The van der Waals surface area contributed by atoms with Crippen molar-refractivity contribution in [3.05, 3.63) is 64.7 Å². The van der Waals surface area contributed by atoms with Crippen LogP contribution in [0.1, 0.15) is 22.7 Å². The number of nitrogens with zero attached hydrogens (tertiary/aromatic N) is 1. The number of phenolic OH excluding ortho intramolecular Hbond substituents is 1. The van der Waals surface area contributed by atoms with Crippen LogP contribution < -0.4 is 9.64 Å². The molecule has 2 aliphatic rings. The van der Waals surface area contributed by atoms with Gasteiger partial charge in [0, 0.05) is 5.56 Å². The molecule has 0 aromatic heterocycles. The highest BCUT2D eigenvalue weighted by Crippen LogP contribution is 2.40. The van der Waals surface area contributed by atoms with Crippen LogP contribution in [0.2, 0.25) is 0 Å². The highest BCUT2D eigenvalue weighted by atomic mass is 16.5. The number of Topliss-reactive ketones (excluding diaryl/α,β-unsaturated/α-hetero) is 1. The van der Waals surface area contributed by atoms with Gasteiger partial charge in [0.2, 0.25) is 0 Å². The second-order valence-electron chi connectivity index (χ2n) is 8.38. The second-order valence-corrected chi connectivity index (χ2v) is 8.38. The number of ketones is 1. The second kappa shape index (κ2) is 9.64. The zero-order valence-electron chi connectivity index (χ0n) is 18.8. The van der Waals surface area contributed by atoms with Crippen molar-refractivity contribution in [2.24, 2.45) is 0 Å². The number of methoxy groups -OCH3 is 1. The lowest BCUT2D eigenvalue weighted by Gasteiger charge is -2.29. The van der Waals surface area contributed by atoms with E-state index in [1.807, 2.05) is 6.92 Å². The molecule has 0 spiro atoms. The molecule has 0 aliphatic carbocycles. The van der Waals surface area contributed by atoms with E-state index in [-0.39, 0.29) is 17.1 Å². The van der Waals surface area contributed by atoms with E-state index in [9.17, 15) is 19.8 Å². The Kier molecular flexibility index (Phi) is 6.67. The number of hydrogen-bond acceptors (Lipinski definition) is 6. The SMILES string of the molecule is COc1ccc(C(O)=C2C(=O)C(=O)N(CC[NH+]3CCOCC3)C2c2ccc(O)cc2)c(C)c1.